The summed E-state index contributed by atoms with van der Waals surface area (Å²) in [6, 6.07) is 9.30. The Morgan fingerprint density at radius 3 is 2.36 bits per heavy atom. The molecule has 1 rings (SSSR count). The standard InChI is InChI=1S/C9H9O3.2Li/c10-9(11)7-12-6-8-4-2-1-3-5-8;;/h1-5,7H,6H2,(H,10,11);;/q-1;2*+1/p-1. The van der Waals surface area contributed by atoms with E-state index in [9.17, 15) is 9.90 Å². The van der Waals surface area contributed by atoms with Crippen LogP contribution in [0, 0.1) is 6.61 Å². The average Bonchev–Trinajstić information content (AvgIpc) is 2.05. The van der Waals surface area contributed by atoms with Gasteiger partial charge in [0, 0.05) is 6.61 Å². The third-order valence-electron chi connectivity index (χ3n) is 1.27. The summed E-state index contributed by atoms with van der Waals surface area (Å²) in [5.41, 5.74) is 0.926. The van der Waals surface area contributed by atoms with Crippen LogP contribution in [0.1, 0.15) is 5.56 Å². The molecule has 0 fully saturated rings. The molecule has 0 aliphatic carbocycles. The van der Waals surface area contributed by atoms with Gasteiger partial charge >= 0.3 is 37.7 Å². The molecular weight excluding hydrogens is 170 g/mol. The van der Waals surface area contributed by atoms with Crippen molar-refractivity contribution in [1.29, 1.82) is 0 Å². The van der Waals surface area contributed by atoms with Crippen molar-refractivity contribution in [2.75, 3.05) is 0 Å². The van der Waals surface area contributed by atoms with E-state index in [1.54, 1.807) is 0 Å². The second kappa shape index (κ2) is 9.28. The van der Waals surface area contributed by atoms with Crippen LogP contribution in [0.15, 0.2) is 30.3 Å². The van der Waals surface area contributed by atoms with E-state index in [1.165, 1.54) is 0 Å². The van der Waals surface area contributed by atoms with Gasteiger partial charge in [0.15, 0.2) is 0 Å². The fraction of sp³-hybridized carbons (Fsp3) is 0.111. The molecule has 0 spiro atoms. The third kappa shape index (κ3) is 7.15. The third-order valence-corrected chi connectivity index (χ3v) is 1.27. The molecule has 64 valence electrons. The summed E-state index contributed by atoms with van der Waals surface area (Å²) in [6.45, 7) is 0.932. The quantitative estimate of drug-likeness (QED) is 0.341. The van der Waals surface area contributed by atoms with E-state index in [-0.39, 0.29) is 44.3 Å². The Hall–Kier alpha value is -0.285. The summed E-state index contributed by atoms with van der Waals surface area (Å²) >= 11 is 0. The van der Waals surface area contributed by atoms with E-state index in [1.807, 2.05) is 30.3 Å². The van der Waals surface area contributed by atoms with Crippen LogP contribution < -0.4 is 42.8 Å². The largest absolute Gasteiger partial charge is 1.00 e. The summed E-state index contributed by atoms with van der Waals surface area (Å²) in [6.07, 6.45) is 0. The van der Waals surface area contributed by atoms with Crippen molar-refractivity contribution >= 4 is 5.97 Å². The van der Waals surface area contributed by atoms with Gasteiger partial charge in [-0.05, 0) is 5.56 Å². The Labute approximate surface area is 107 Å². The van der Waals surface area contributed by atoms with Crippen LogP contribution in [0.4, 0.5) is 0 Å². The number of aliphatic carboxylic acids is 1. The van der Waals surface area contributed by atoms with E-state index < -0.39 is 5.97 Å². The summed E-state index contributed by atoms with van der Waals surface area (Å²) < 4.78 is 4.69. The number of ether oxygens (including phenoxy) is 1. The molecule has 0 N–H and O–H groups in total. The first kappa shape index (κ1) is 16.2. The zero-order valence-electron chi connectivity index (χ0n) is 8.40. The second-order valence-electron chi connectivity index (χ2n) is 2.23. The van der Waals surface area contributed by atoms with Gasteiger partial charge in [0.1, 0.15) is 0 Å². The van der Waals surface area contributed by atoms with Crippen LogP contribution in [-0.2, 0) is 16.1 Å². The monoisotopic (exact) mass is 178 g/mol. The van der Waals surface area contributed by atoms with Gasteiger partial charge in [0.2, 0.25) is 0 Å². The maximum atomic E-state index is 9.90. The van der Waals surface area contributed by atoms with Gasteiger partial charge in [0.25, 0.3) is 0 Å². The zero-order chi connectivity index (χ0) is 8.81. The van der Waals surface area contributed by atoms with Crippen molar-refractivity contribution in [3.63, 3.8) is 0 Å². The SMILES string of the molecule is O=C([O-])[CH-]OCc1ccccc1.[Li+].[Li+]. The number of hydrogen-bond acceptors (Lipinski definition) is 3. The van der Waals surface area contributed by atoms with Gasteiger partial charge in [-0.2, -0.15) is 0 Å². The van der Waals surface area contributed by atoms with Crippen molar-refractivity contribution < 1.29 is 52.4 Å². The number of benzene rings is 1. The molecular formula is C9H8Li2O3. The molecule has 0 saturated carbocycles. The summed E-state index contributed by atoms with van der Waals surface area (Å²) in [5, 5.41) is 9.90. The molecule has 0 heterocycles. The number of carbonyl (C=O) groups is 1. The molecule has 1 aromatic carbocycles. The van der Waals surface area contributed by atoms with Crippen LogP contribution in [0.5, 0.6) is 0 Å². The fourth-order valence-electron chi connectivity index (χ4n) is 0.780. The van der Waals surface area contributed by atoms with Crippen LogP contribution in [0.25, 0.3) is 0 Å². The van der Waals surface area contributed by atoms with Gasteiger partial charge in [-0.15, -0.1) is 0 Å². The van der Waals surface area contributed by atoms with Gasteiger partial charge in [-0.1, -0.05) is 36.3 Å². The summed E-state index contributed by atoms with van der Waals surface area (Å²) in [7, 11) is 0. The van der Waals surface area contributed by atoms with E-state index in [4.69, 9.17) is 4.74 Å². The summed E-state index contributed by atoms with van der Waals surface area (Å²) in [4.78, 5) is 9.90. The molecule has 1 aromatic rings. The van der Waals surface area contributed by atoms with E-state index >= 15 is 0 Å². The Balaban J connectivity index is 0. The molecule has 0 unspecified atom stereocenters. The van der Waals surface area contributed by atoms with E-state index in [0.717, 1.165) is 5.56 Å². The van der Waals surface area contributed by atoms with Gasteiger partial charge in [-0.25, -0.2) is 6.61 Å². The Kier molecular flexibility index (Phi) is 10.7. The minimum Gasteiger partial charge on any atom is -0.582 e. The minimum absolute atomic E-state index is 0. The molecule has 0 aliphatic rings. The van der Waals surface area contributed by atoms with Crippen LogP contribution in [0.2, 0.25) is 0 Å². The number of carboxylic acid groups (broad SMARTS) is 1. The van der Waals surface area contributed by atoms with Gasteiger partial charge < -0.3 is 14.6 Å². The molecule has 0 amide bonds. The number of hydrogen-bond donors (Lipinski definition) is 0. The first-order chi connectivity index (χ1) is 5.79. The first-order valence-corrected chi connectivity index (χ1v) is 3.49. The van der Waals surface area contributed by atoms with E-state index in [2.05, 4.69) is 0 Å². The van der Waals surface area contributed by atoms with Crippen LogP contribution >= 0.6 is 0 Å². The predicted octanol–water partition coefficient (Wildman–Crippen LogP) is -5.88. The van der Waals surface area contributed by atoms with Crippen molar-refractivity contribution in [2.24, 2.45) is 0 Å². The van der Waals surface area contributed by atoms with Crippen molar-refractivity contribution in [1.82, 2.24) is 0 Å². The predicted molar refractivity (Wildman–Crippen MR) is 40.5 cm³/mol. The molecule has 0 radical (unpaired) electrons. The number of rotatable bonds is 4. The molecule has 0 aliphatic heterocycles. The Morgan fingerprint density at radius 2 is 1.86 bits per heavy atom. The summed E-state index contributed by atoms with van der Waals surface area (Å²) in [5.74, 6) is -1.31. The average molecular weight is 178 g/mol. The van der Waals surface area contributed by atoms with Crippen molar-refractivity contribution in [3.8, 4) is 0 Å². The second-order valence-corrected chi connectivity index (χ2v) is 2.23. The zero-order valence-corrected chi connectivity index (χ0v) is 8.40. The van der Waals surface area contributed by atoms with Crippen molar-refractivity contribution in [2.45, 2.75) is 6.61 Å². The molecule has 0 saturated heterocycles. The number of carboxylic acids is 1. The molecule has 14 heavy (non-hydrogen) atoms. The maximum absolute atomic E-state index is 9.90. The first-order valence-electron chi connectivity index (χ1n) is 3.49. The molecule has 0 aromatic heterocycles. The molecule has 3 nitrogen and oxygen atoms in total. The Bertz CT molecular complexity index is 251. The van der Waals surface area contributed by atoms with Crippen molar-refractivity contribution in [3.05, 3.63) is 42.5 Å². The van der Waals surface area contributed by atoms with Gasteiger partial charge in [-0.3, -0.25) is 0 Å². The fourth-order valence-corrected chi connectivity index (χ4v) is 0.780. The minimum atomic E-state index is -1.31. The molecule has 0 bridgehead atoms. The smallest absolute Gasteiger partial charge is 0.582 e. The van der Waals surface area contributed by atoms with Crippen LogP contribution in [-0.4, -0.2) is 5.97 Å². The normalized spacial score (nSPS) is 8.00. The number of carbonyl (C=O) groups excluding carboxylic acids is 1. The maximum Gasteiger partial charge on any atom is 1.00 e. The molecule has 5 heteroatoms. The van der Waals surface area contributed by atoms with E-state index in [0.29, 0.717) is 6.61 Å². The van der Waals surface area contributed by atoms with Gasteiger partial charge in [0.05, 0.1) is 0 Å². The molecule has 0 atom stereocenters. The Morgan fingerprint density at radius 1 is 1.29 bits per heavy atom. The topological polar surface area (TPSA) is 49.4 Å². The van der Waals surface area contributed by atoms with Crippen LogP contribution in [0.3, 0.4) is 0 Å².